The van der Waals surface area contributed by atoms with Crippen molar-refractivity contribution in [3.8, 4) is 0 Å². The number of hydrogen-bond acceptors (Lipinski definition) is 6. The van der Waals surface area contributed by atoms with E-state index in [1.165, 1.54) is 16.9 Å². The van der Waals surface area contributed by atoms with Gasteiger partial charge in [0.25, 0.3) is 0 Å². The van der Waals surface area contributed by atoms with Gasteiger partial charge in [0, 0.05) is 11.1 Å². The van der Waals surface area contributed by atoms with Crippen molar-refractivity contribution in [3.63, 3.8) is 0 Å². The maximum Gasteiger partial charge on any atom is 0.342 e. The zero-order valence-corrected chi connectivity index (χ0v) is 18.8. The molecule has 1 aromatic carbocycles. The average molecular weight is 416 g/mol. The highest BCUT2D eigenvalue weighted by molar-refractivity contribution is 7.16. The van der Waals surface area contributed by atoms with Gasteiger partial charge in [0.15, 0.2) is 0 Å². The van der Waals surface area contributed by atoms with Crippen molar-refractivity contribution in [1.82, 2.24) is 0 Å². The smallest absolute Gasteiger partial charge is 0.342 e. The summed E-state index contributed by atoms with van der Waals surface area (Å²) in [6.07, 6.45) is 1.72. The first-order valence-electron chi connectivity index (χ1n) is 9.94. The monoisotopic (exact) mass is 415 g/mol. The number of ether oxygens (including phenoxy) is 2. The fraction of sp³-hybridized carbons (Fsp3) is 0.435. The lowest BCUT2D eigenvalue weighted by Gasteiger charge is -2.08. The Balaban J connectivity index is 2.57. The van der Waals surface area contributed by atoms with E-state index in [2.05, 4.69) is 31.0 Å². The molecule has 29 heavy (non-hydrogen) atoms. The molecule has 0 bridgehead atoms. The third-order valence-electron chi connectivity index (χ3n) is 4.31. The van der Waals surface area contributed by atoms with Gasteiger partial charge in [-0.25, -0.2) is 14.6 Å². The molecular weight excluding hydrogens is 386 g/mol. The van der Waals surface area contributed by atoms with Crippen LogP contribution in [0.5, 0.6) is 0 Å². The lowest BCUT2D eigenvalue weighted by Crippen LogP contribution is -2.14. The maximum absolute atomic E-state index is 12.7. The van der Waals surface area contributed by atoms with E-state index >= 15 is 0 Å². The summed E-state index contributed by atoms with van der Waals surface area (Å²) in [6.45, 7) is 12.1. The van der Waals surface area contributed by atoms with Gasteiger partial charge < -0.3 is 9.47 Å². The first-order chi connectivity index (χ1) is 13.8. The molecule has 0 unspecified atom stereocenters. The largest absolute Gasteiger partial charge is 0.462 e. The second-order valence-corrected chi connectivity index (χ2v) is 8.23. The Morgan fingerprint density at radius 3 is 2.17 bits per heavy atom. The van der Waals surface area contributed by atoms with Gasteiger partial charge in [-0.05, 0) is 42.9 Å². The van der Waals surface area contributed by atoms with Crippen molar-refractivity contribution >= 4 is 34.5 Å². The summed E-state index contributed by atoms with van der Waals surface area (Å²) in [6, 6.07) is 8.10. The highest BCUT2D eigenvalue weighted by Crippen LogP contribution is 2.40. The van der Waals surface area contributed by atoms with Crippen LogP contribution in [-0.2, 0) is 9.47 Å². The third kappa shape index (κ3) is 5.54. The molecule has 0 aliphatic carbocycles. The fourth-order valence-electron chi connectivity index (χ4n) is 2.86. The summed E-state index contributed by atoms with van der Waals surface area (Å²) in [7, 11) is 0. The SMILES string of the molecule is CCOC(=O)c1c(/N=C/c2cccc(C(C)C)c2)sc(C(C)C)c1C(=O)OCC. The summed E-state index contributed by atoms with van der Waals surface area (Å²) in [5, 5.41) is 0.463. The standard InChI is InChI=1S/C23H29NO4S/c1-7-27-22(25)18-19(23(26)28-8-2)21(29-20(18)15(5)6)24-13-16-10-9-11-17(12-16)14(3)4/h9-15H,7-8H2,1-6H3/b24-13+. The van der Waals surface area contributed by atoms with Crippen LogP contribution in [-0.4, -0.2) is 31.4 Å². The Hall–Kier alpha value is -2.47. The molecule has 0 saturated heterocycles. The fourth-order valence-corrected chi connectivity index (χ4v) is 3.99. The van der Waals surface area contributed by atoms with Crippen LogP contribution in [0.1, 0.15) is 90.1 Å². The van der Waals surface area contributed by atoms with Gasteiger partial charge in [-0.2, -0.15) is 0 Å². The molecule has 5 nitrogen and oxygen atoms in total. The van der Waals surface area contributed by atoms with Crippen molar-refractivity contribution in [2.24, 2.45) is 4.99 Å². The molecular formula is C23H29NO4S. The number of rotatable bonds is 8. The normalized spacial score (nSPS) is 11.4. The summed E-state index contributed by atoms with van der Waals surface area (Å²) in [5.74, 6) is -0.621. The number of thiophene rings is 1. The zero-order valence-electron chi connectivity index (χ0n) is 17.9. The van der Waals surface area contributed by atoms with E-state index in [-0.39, 0.29) is 30.3 Å². The molecule has 1 heterocycles. The maximum atomic E-state index is 12.7. The number of hydrogen-bond donors (Lipinski definition) is 0. The van der Waals surface area contributed by atoms with E-state index in [0.29, 0.717) is 10.9 Å². The van der Waals surface area contributed by atoms with Gasteiger partial charge in [-0.3, -0.25) is 0 Å². The quantitative estimate of drug-likeness (QED) is 0.386. The highest BCUT2D eigenvalue weighted by Gasteiger charge is 2.31. The van der Waals surface area contributed by atoms with Gasteiger partial charge in [-0.1, -0.05) is 45.9 Å². The zero-order chi connectivity index (χ0) is 21.6. The van der Waals surface area contributed by atoms with Crippen molar-refractivity contribution in [3.05, 3.63) is 51.4 Å². The van der Waals surface area contributed by atoms with Crippen LogP contribution in [0.3, 0.4) is 0 Å². The Morgan fingerprint density at radius 2 is 1.62 bits per heavy atom. The van der Waals surface area contributed by atoms with Crippen molar-refractivity contribution < 1.29 is 19.1 Å². The molecule has 0 atom stereocenters. The summed E-state index contributed by atoms with van der Waals surface area (Å²) < 4.78 is 10.4. The van der Waals surface area contributed by atoms with Crippen molar-refractivity contribution in [2.75, 3.05) is 13.2 Å². The molecule has 0 saturated carbocycles. The van der Waals surface area contributed by atoms with Crippen LogP contribution in [0.4, 0.5) is 5.00 Å². The Labute approximate surface area is 176 Å². The van der Waals surface area contributed by atoms with Gasteiger partial charge in [-0.15, -0.1) is 11.3 Å². The molecule has 1 aromatic heterocycles. The van der Waals surface area contributed by atoms with E-state index in [1.807, 2.05) is 26.0 Å². The van der Waals surface area contributed by atoms with Crippen molar-refractivity contribution in [1.29, 1.82) is 0 Å². The molecule has 6 heteroatoms. The molecule has 2 aromatic rings. The molecule has 0 fully saturated rings. The first kappa shape index (κ1) is 22.8. The Morgan fingerprint density at radius 1 is 1.00 bits per heavy atom. The summed E-state index contributed by atoms with van der Waals surface area (Å²) in [5.41, 5.74) is 2.60. The lowest BCUT2D eigenvalue weighted by atomic mass is 10.0. The van der Waals surface area contributed by atoms with Crippen LogP contribution < -0.4 is 0 Å². The number of benzene rings is 1. The predicted molar refractivity (Wildman–Crippen MR) is 118 cm³/mol. The van der Waals surface area contributed by atoms with Crippen LogP contribution >= 0.6 is 11.3 Å². The lowest BCUT2D eigenvalue weighted by molar-refractivity contribution is 0.0479. The summed E-state index contributed by atoms with van der Waals surface area (Å²) in [4.78, 5) is 30.7. The van der Waals surface area contributed by atoms with Gasteiger partial charge in [0.2, 0.25) is 0 Å². The molecule has 0 spiro atoms. The molecule has 0 aliphatic heterocycles. The minimum absolute atomic E-state index is 0.0424. The van der Waals surface area contributed by atoms with E-state index in [9.17, 15) is 9.59 Å². The minimum Gasteiger partial charge on any atom is -0.462 e. The number of carbonyl (C=O) groups is 2. The van der Waals surface area contributed by atoms with Crippen LogP contribution in [0.15, 0.2) is 29.3 Å². The molecule has 0 radical (unpaired) electrons. The summed E-state index contributed by atoms with van der Waals surface area (Å²) >= 11 is 1.33. The number of esters is 2. The van der Waals surface area contributed by atoms with Gasteiger partial charge >= 0.3 is 11.9 Å². The van der Waals surface area contributed by atoms with Crippen LogP contribution in [0, 0.1) is 0 Å². The average Bonchev–Trinajstić information content (AvgIpc) is 3.07. The van der Waals surface area contributed by atoms with Crippen LogP contribution in [0.2, 0.25) is 0 Å². The minimum atomic E-state index is -0.554. The van der Waals surface area contributed by atoms with Gasteiger partial charge in [0.1, 0.15) is 10.6 Å². The number of nitrogens with zero attached hydrogens (tertiary/aromatic N) is 1. The predicted octanol–water partition coefficient (Wildman–Crippen LogP) is 6.10. The van der Waals surface area contributed by atoms with E-state index in [4.69, 9.17) is 9.47 Å². The highest BCUT2D eigenvalue weighted by atomic mass is 32.1. The second-order valence-electron chi connectivity index (χ2n) is 7.20. The van der Waals surface area contributed by atoms with E-state index < -0.39 is 11.9 Å². The number of carbonyl (C=O) groups excluding carboxylic acids is 2. The Bertz CT molecular complexity index is 896. The Kier molecular flexibility index (Phi) is 8.14. The molecule has 0 aliphatic rings. The van der Waals surface area contributed by atoms with Crippen LogP contribution in [0.25, 0.3) is 0 Å². The number of aliphatic imine (C=N–C) groups is 1. The van der Waals surface area contributed by atoms with Crippen molar-refractivity contribution in [2.45, 2.75) is 53.4 Å². The molecule has 0 amide bonds. The van der Waals surface area contributed by atoms with E-state index in [0.717, 1.165) is 10.4 Å². The third-order valence-corrected chi connectivity index (χ3v) is 5.71. The topological polar surface area (TPSA) is 65.0 Å². The second kappa shape index (κ2) is 10.3. The van der Waals surface area contributed by atoms with E-state index in [1.54, 1.807) is 20.1 Å². The molecule has 156 valence electrons. The molecule has 0 N–H and O–H groups in total. The first-order valence-corrected chi connectivity index (χ1v) is 10.8. The molecule has 2 rings (SSSR count). The van der Waals surface area contributed by atoms with Gasteiger partial charge in [0.05, 0.1) is 18.8 Å².